The highest BCUT2D eigenvalue weighted by Gasteiger charge is 2.38. The molecule has 9 aromatic carbocycles. The lowest BCUT2D eigenvalue weighted by molar-refractivity contribution is 0.656. The van der Waals surface area contributed by atoms with Gasteiger partial charge in [0.05, 0.1) is 11.0 Å². The second-order valence-electron chi connectivity index (χ2n) is 16.9. The van der Waals surface area contributed by atoms with E-state index in [1.54, 1.807) is 0 Å². The number of nitrogens with zero attached hydrogens (tertiary/aromatic N) is 1. The zero-order valence-electron chi connectivity index (χ0n) is 33.2. The van der Waals surface area contributed by atoms with Crippen LogP contribution in [0.15, 0.2) is 197 Å². The van der Waals surface area contributed by atoms with Gasteiger partial charge in [-0.1, -0.05) is 135 Å². The normalized spacial score (nSPS) is 13.3. The van der Waals surface area contributed by atoms with Crippen LogP contribution in [0.3, 0.4) is 0 Å². The second-order valence-corrected chi connectivity index (χ2v) is 16.9. The highest BCUT2D eigenvalue weighted by Crippen LogP contribution is 2.54. The SMILES string of the molecule is CC1(C)c2cc(-n3c4ccc(-c5ccc(-c6ccccc6)cc5)cc4c4cc(-c5ccc6oc7ccccc7c6c5)ccc43)ccc2-c2ccc3oc4ccccc4c3c21. The van der Waals surface area contributed by atoms with Crippen molar-refractivity contribution in [2.24, 2.45) is 0 Å². The quantitative estimate of drug-likeness (QED) is 0.179. The number of aromatic nitrogens is 1. The van der Waals surface area contributed by atoms with E-state index in [1.165, 1.54) is 88.2 Å². The standard InChI is InChI=1S/C57H37NO2/c1-57(2)48-33-40(23-24-41(48)43-25-29-54-55(56(43)57)44-13-7-9-15-52(44)60-54)58-49-26-20-37(36-18-16-35(17-19-36)34-10-4-3-5-11-34)30-45(49)46-31-38(21-27-50(46)58)39-22-28-53-47(32-39)42-12-6-8-14-51(42)59-53/h3-33H,1-2H3. The van der Waals surface area contributed by atoms with E-state index in [0.717, 1.165) is 38.8 Å². The molecule has 0 N–H and O–H groups in total. The molecule has 0 saturated heterocycles. The van der Waals surface area contributed by atoms with Crippen molar-refractivity contribution in [2.75, 3.05) is 0 Å². The number of hydrogen-bond donors (Lipinski definition) is 0. The molecule has 60 heavy (non-hydrogen) atoms. The molecule has 0 fully saturated rings. The summed E-state index contributed by atoms with van der Waals surface area (Å²) in [5, 5.41) is 7.11. The van der Waals surface area contributed by atoms with Gasteiger partial charge in [0, 0.05) is 43.4 Å². The first-order chi connectivity index (χ1) is 29.5. The fourth-order valence-electron chi connectivity index (χ4n) is 10.3. The van der Waals surface area contributed by atoms with Crippen molar-refractivity contribution in [1.29, 1.82) is 0 Å². The number of para-hydroxylation sites is 2. The molecule has 0 spiro atoms. The Kier molecular flexibility index (Phi) is 6.78. The molecular weight excluding hydrogens is 731 g/mol. The molecule has 12 aromatic rings. The smallest absolute Gasteiger partial charge is 0.135 e. The lowest BCUT2D eigenvalue weighted by Gasteiger charge is -2.23. The van der Waals surface area contributed by atoms with Crippen LogP contribution in [0.1, 0.15) is 25.0 Å². The molecule has 1 aliphatic rings. The molecule has 3 heteroatoms. The number of rotatable bonds is 4. The van der Waals surface area contributed by atoms with Crippen LogP contribution in [0.4, 0.5) is 0 Å². The maximum Gasteiger partial charge on any atom is 0.135 e. The molecule has 0 bridgehead atoms. The van der Waals surface area contributed by atoms with E-state index >= 15 is 0 Å². The number of fused-ring (bicyclic) bond motifs is 13. The lowest BCUT2D eigenvalue weighted by atomic mass is 9.80. The van der Waals surface area contributed by atoms with Crippen LogP contribution in [0, 0.1) is 0 Å². The minimum absolute atomic E-state index is 0.242. The first kappa shape index (κ1) is 33.4. The zero-order valence-corrected chi connectivity index (χ0v) is 33.2. The van der Waals surface area contributed by atoms with Crippen molar-refractivity contribution in [3.05, 3.63) is 199 Å². The number of hydrogen-bond acceptors (Lipinski definition) is 2. The monoisotopic (exact) mass is 767 g/mol. The van der Waals surface area contributed by atoms with E-state index in [4.69, 9.17) is 8.83 Å². The van der Waals surface area contributed by atoms with Gasteiger partial charge in [-0.3, -0.25) is 0 Å². The third-order valence-electron chi connectivity index (χ3n) is 13.2. The van der Waals surface area contributed by atoms with Gasteiger partial charge in [0.1, 0.15) is 22.3 Å². The Morgan fingerprint density at radius 1 is 0.367 bits per heavy atom. The minimum Gasteiger partial charge on any atom is -0.456 e. The van der Waals surface area contributed by atoms with E-state index in [1.807, 2.05) is 12.1 Å². The molecule has 0 unspecified atom stereocenters. The van der Waals surface area contributed by atoms with Crippen LogP contribution in [-0.4, -0.2) is 4.57 Å². The molecule has 3 heterocycles. The fraction of sp³-hybridized carbons (Fsp3) is 0.0526. The van der Waals surface area contributed by atoms with Crippen molar-refractivity contribution in [1.82, 2.24) is 4.57 Å². The van der Waals surface area contributed by atoms with Gasteiger partial charge in [0.15, 0.2) is 0 Å². The Morgan fingerprint density at radius 3 is 1.60 bits per heavy atom. The van der Waals surface area contributed by atoms with Crippen LogP contribution in [0.2, 0.25) is 0 Å². The zero-order chi connectivity index (χ0) is 39.7. The Labute approximate surface area is 346 Å². The summed E-state index contributed by atoms with van der Waals surface area (Å²) in [4.78, 5) is 0. The first-order valence-electron chi connectivity index (χ1n) is 20.7. The Hall–Kier alpha value is -7.62. The van der Waals surface area contributed by atoms with Gasteiger partial charge in [-0.05, 0) is 122 Å². The molecule has 0 atom stereocenters. The van der Waals surface area contributed by atoms with Gasteiger partial charge >= 0.3 is 0 Å². The van der Waals surface area contributed by atoms with Crippen LogP contribution >= 0.6 is 0 Å². The largest absolute Gasteiger partial charge is 0.456 e. The predicted octanol–water partition coefficient (Wildman–Crippen LogP) is 15.9. The van der Waals surface area contributed by atoms with Gasteiger partial charge in [0.2, 0.25) is 0 Å². The predicted molar refractivity (Wildman–Crippen MR) is 249 cm³/mol. The van der Waals surface area contributed by atoms with Crippen molar-refractivity contribution in [2.45, 2.75) is 19.3 Å². The van der Waals surface area contributed by atoms with Gasteiger partial charge in [-0.2, -0.15) is 0 Å². The molecule has 1 aliphatic carbocycles. The summed E-state index contributed by atoms with van der Waals surface area (Å²) in [5.41, 5.74) is 19.4. The molecular formula is C57H37NO2. The molecule has 0 saturated carbocycles. The topological polar surface area (TPSA) is 31.2 Å². The van der Waals surface area contributed by atoms with E-state index in [9.17, 15) is 0 Å². The lowest BCUT2D eigenvalue weighted by Crippen LogP contribution is -2.15. The summed E-state index contributed by atoms with van der Waals surface area (Å²) < 4.78 is 15.1. The summed E-state index contributed by atoms with van der Waals surface area (Å²) >= 11 is 0. The maximum atomic E-state index is 6.39. The van der Waals surface area contributed by atoms with E-state index in [0.29, 0.717) is 0 Å². The summed E-state index contributed by atoms with van der Waals surface area (Å²) in [7, 11) is 0. The third kappa shape index (κ3) is 4.72. The van der Waals surface area contributed by atoms with Crippen LogP contribution in [0.25, 0.3) is 116 Å². The van der Waals surface area contributed by atoms with Gasteiger partial charge in [-0.25, -0.2) is 0 Å². The average molecular weight is 768 g/mol. The molecule has 0 aliphatic heterocycles. The number of benzene rings is 9. The van der Waals surface area contributed by atoms with Gasteiger partial charge < -0.3 is 13.4 Å². The molecule has 3 nitrogen and oxygen atoms in total. The van der Waals surface area contributed by atoms with Crippen LogP contribution in [0.5, 0.6) is 0 Å². The van der Waals surface area contributed by atoms with E-state index in [-0.39, 0.29) is 5.41 Å². The molecule has 3 aromatic heterocycles. The van der Waals surface area contributed by atoms with Crippen molar-refractivity contribution >= 4 is 65.7 Å². The summed E-state index contributed by atoms with van der Waals surface area (Å²) in [6.07, 6.45) is 0. The highest BCUT2D eigenvalue weighted by molar-refractivity contribution is 6.13. The molecule has 0 amide bonds. The summed E-state index contributed by atoms with van der Waals surface area (Å²) in [6, 6.07) is 68.3. The Morgan fingerprint density at radius 2 is 0.867 bits per heavy atom. The van der Waals surface area contributed by atoms with Gasteiger partial charge in [0.25, 0.3) is 0 Å². The maximum absolute atomic E-state index is 6.39. The average Bonchev–Trinajstić information content (AvgIpc) is 4.02. The molecule has 282 valence electrons. The van der Waals surface area contributed by atoms with Crippen LogP contribution in [-0.2, 0) is 5.41 Å². The Balaban J connectivity index is 1.000. The van der Waals surface area contributed by atoms with E-state index in [2.05, 4.69) is 194 Å². The minimum atomic E-state index is -0.242. The number of furan rings is 2. The van der Waals surface area contributed by atoms with Crippen molar-refractivity contribution < 1.29 is 8.83 Å². The second kappa shape index (κ2) is 12.2. The molecule has 13 rings (SSSR count). The summed E-state index contributed by atoms with van der Waals surface area (Å²) in [5.74, 6) is 0. The van der Waals surface area contributed by atoms with Crippen LogP contribution < -0.4 is 0 Å². The third-order valence-corrected chi connectivity index (χ3v) is 13.2. The van der Waals surface area contributed by atoms with Crippen molar-refractivity contribution in [3.8, 4) is 50.2 Å². The van der Waals surface area contributed by atoms with E-state index < -0.39 is 0 Å². The summed E-state index contributed by atoms with van der Waals surface area (Å²) in [6.45, 7) is 4.74. The van der Waals surface area contributed by atoms with Gasteiger partial charge in [-0.15, -0.1) is 0 Å². The first-order valence-corrected chi connectivity index (χ1v) is 20.7. The highest BCUT2D eigenvalue weighted by atomic mass is 16.3. The van der Waals surface area contributed by atoms with Crippen molar-refractivity contribution in [3.63, 3.8) is 0 Å². The fourth-order valence-corrected chi connectivity index (χ4v) is 10.3. The molecule has 0 radical (unpaired) electrons. The Bertz CT molecular complexity index is 3730.